The van der Waals surface area contributed by atoms with Crippen molar-refractivity contribution in [3.8, 4) is 0 Å². The molecule has 0 aliphatic carbocycles. The molecule has 0 fully saturated rings. The molecule has 1 aliphatic rings. The first-order valence-electron chi connectivity index (χ1n) is 6.22. The third-order valence-corrected chi connectivity index (χ3v) is 2.85. The molecule has 5 nitrogen and oxygen atoms in total. The van der Waals surface area contributed by atoms with Gasteiger partial charge in [-0.1, -0.05) is 36.4 Å². The second kappa shape index (κ2) is 5.44. The van der Waals surface area contributed by atoms with E-state index in [-0.39, 0.29) is 5.91 Å². The number of nitrogens with zero attached hydrogens (tertiary/aromatic N) is 4. The van der Waals surface area contributed by atoms with Crippen LogP contribution >= 0.6 is 0 Å². The van der Waals surface area contributed by atoms with E-state index in [2.05, 4.69) is 15.2 Å². The summed E-state index contributed by atoms with van der Waals surface area (Å²) in [6, 6.07) is 18.6. The van der Waals surface area contributed by atoms with E-state index >= 15 is 0 Å². The highest BCUT2D eigenvalue weighted by molar-refractivity contribution is 6.14. The predicted molar refractivity (Wildman–Crippen MR) is 77.2 cm³/mol. The summed E-state index contributed by atoms with van der Waals surface area (Å²) in [7, 11) is 0. The van der Waals surface area contributed by atoms with Crippen molar-refractivity contribution in [2.45, 2.75) is 6.17 Å². The average Bonchev–Trinajstić information content (AvgIpc) is 2.88. The SMILES string of the molecule is O=C1C(N=Nc2ccccc2)N=CN1c1ccccc1. The van der Waals surface area contributed by atoms with Crippen molar-refractivity contribution in [3.63, 3.8) is 0 Å². The zero-order valence-electron chi connectivity index (χ0n) is 10.6. The Labute approximate surface area is 116 Å². The van der Waals surface area contributed by atoms with E-state index in [0.29, 0.717) is 5.69 Å². The number of hydrogen-bond acceptors (Lipinski definition) is 4. The van der Waals surface area contributed by atoms with Crippen molar-refractivity contribution >= 4 is 23.6 Å². The fourth-order valence-corrected chi connectivity index (χ4v) is 1.85. The highest BCUT2D eigenvalue weighted by Gasteiger charge is 2.29. The van der Waals surface area contributed by atoms with Crippen molar-refractivity contribution in [1.29, 1.82) is 0 Å². The zero-order chi connectivity index (χ0) is 13.8. The van der Waals surface area contributed by atoms with Crippen LogP contribution in [-0.4, -0.2) is 18.4 Å². The van der Waals surface area contributed by atoms with Crippen LogP contribution in [0.2, 0.25) is 0 Å². The number of carbonyl (C=O) groups is 1. The van der Waals surface area contributed by atoms with Gasteiger partial charge in [0.1, 0.15) is 0 Å². The molecule has 1 unspecified atom stereocenters. The molecule has 0 saturated heterocycles. The standard InChI is InChI=1S/C15H12N4O/c20-15-14(18-17-12-7-3-1-4-8-12)16-11-19(15)13-9-5-2-6-10-13/h1-11,14H. The molecule has 0 saturated carbocycles. The van der Waals surface area contributed by atoms with Gasteiger partial charge >= 0.3 is 0 Å². The Bertz CT molecular complexity index is 652. The Hall–Kier alpha value is -2.82. The Kier molecular flexibility index (Phi) is 3.33. The van der Waals surface area contributed by atoms with Crippen LogP contribution in [0.4, 0.5) is 11.4 Å². The Balaban J connectivity index is 1.74. The molecule has 2 aromatic rings. The molecule has 20 heavy (non-hydrogen) atoms. The quantitative estimate of drug-likeness (QED) is 0.785. The van der Waals surface area contributed by atoms with E-state index < -0.39 is 6.17 Å². The third-order valence-electron chi connectivity index (χ3n) is 2.85. The van der Waals surface area contributed by atoms with E-state index in [9.17, 15) is 4.79 Å². The summed E-state index contributed by atoms with van der Waals surface area (Å²) in [4.78, 5) is 17.7. The first-order valence-corrected chi connectivity index (χ1v) is 6.22. The molecule has 1 heterocycles. The van der Waals surface area contributed by atoms with Crippen molar-refractivity contribution in [2.24, 2.45) is 15.2 Å². The zero-order valence-corrected chi connectivity index (χ0v) is 10.6. The van der Waals surface area contributed by atoms with Gasteiger partial charge in [-0.15, -0.1) is 0 Å². The second-order valence-corrected chi connectivity index (χ2v) is 4.23. The van der Waals surface area contributed by atoms with Crippen molar-refractivity contribution in [3.05, 3.63) is 60.7 Å². The molecule has 3 rings (SSSR count). The summed E-state index contributed by atoms with van der Waals surface area (Å²) in [5.41, 5.74) is 1.48. The maximum Gasteiger partial charge on any atom is 0.281 e. The third kappa shape index (κ3) is 2.47. The molecule has 0 radical (unpaired) electrons. The van der Waals surface area contributed by atoms with Crippen LogP contribution < -0.4 is 4.90 Å². The fourth-order valence-electron chi connectivity index (χ4n) is 1.85. The number of amides is 1. The summed E-state index contributed by atoms with van der Waals surface area (Å²) in [6.07, 6.45) is 0.696. The van der Waals surface area contributed by atoms with Crippen molar-refractivity contribution in [1.82, 2.24) is 0 Å². The van der Waals surface area contributed by atoms with Crippen LogP contribution in [0.25, 0.3) is 0 Å². The van der Waals surface area contributed by atoms with Crippen LogP contribution in [0.15, 0.2) is 75.9 Å². The van der Waals surface area contributed by atoms with Gasteiger partial charge in [0.2, 0.25) is 6.17 Å². The first-order chi connectivity index (χ1) is 9.84. The summed E-state index contributed by atoms with van der Waals surface area (Å²) in [5, 5.41) is 8.02. The maximum absolute atomic E-state index is 12.2. The minimum Gasteiger partial charge on any atom is -0.269 e. The fraction of sp³-hybridized carbons (Fsp3) is 0.0667. The molecular formula is C15H12N4O. The monoisotopic (exact) mass is 264 g/mol. The molecule has 0 N–H and O–H groups in total. The minimum absolute atomic E-state index is 0.198. The van der Waals surface area contributed by atoms with Gasteiger partial charge in [0.05, 0.1) is 12.0 Å². The van der Waals surface area contributed by atoms with E-state index in [4.69, 9.17) is 0 Å². The Morgan fingerprint density at radius 1 is 0.950 bits per heavy atom. The lowest BCUT2D eigenvalue weighted by Gasteiger charge is -2.12. The minimum atomic E-state index is -0.796. The largest absolute Gasteiger partial charge is 0.281 e. The van der Waals surface area contributed by atoms with Crippen molar-refractivity contribution in [2.75, 3.05) is 4.90 Å². The number of hydrogen-bond donors (Lipinski definition) is 0. The Morgan fingerprint density at radius 3 is 2.30 bits per heavy atom. The summed E-state index contributed by atoms with van der Waals surface area (Å²) in [6.45, 7) is 0. The molecule has 2 aromatic carbocycles. The second-order valence-electron chi connectivity index (χ2n) is 4.23. The molecule has 0 aromatic heterocycles. The van der Waals surface area contributed by atoms with Gasteiger partial charge in [-0.25, -0.2) is 4.99 Å². The molecule has 1 atom stereocenters. The summed E-state index contributed by atoms with van der Waals surface area (Å²) < 4.78 is 0. The molecular weight excluding hydrogens is 252 g/mol. The van der Waals surface area contributed by atoms with Gasteiger partial charge < -0.3 is 0 Å². The number of azo groups is 1. The van der Waals surface area contributed by atoms with Gasteiger partial charge in [0.15, 0.2) is 0 Å². The number of rotatable bonds is 3. The molecule has 98 valence electrons. The molecule has 5 heteroatoms. The number of anilines is 1. The average molecular weight is 264 g/mol. The van der Waals surface area contributed by atoms with Crippen LogP contribution in [0.3, 0.4) is 0 Å². The highest BCUT2D eigenvalue weighted by Crippen LogP contribution is 2.19. The van der Waals surface area contributed by atoms with Crippen LogP contribution in [0, 0.1) is 0 Å². The molecule has 0 spiro atoms. The number of aliphatic imine (C=N–C) groups is 1. The van der Waals surface area contributed by atoms with E-state index in [1.165, 1.54) is 11.2 Å². The van der Waals surface area contributed by atoms with Gasteiger partial charge in [0, 0.05) is 5.69 Å². The normalized spacial score (nSPS) is 18.1. The molecule has 0 bridgehead atoms. The van der Waals surface area contributed by atoms with Gasteiger partial charge in [-0.3, -0.25) is 9.69 Å². The van der Waals surface area contributed by atoms with Gasteiger partial charge in [-0.05, 0) is 24.3 Å². The predicted octanol–water partition coefficient (Wildman–Crippen LogP) is 3.17. The Morgan fingerprint density at radius 2 is 1.60 bits per heavy atom. The summed E-state index contributed by atoms with van der Waals surface area (Å²) in [5.74, 6) is -0.198. The lowest BCUT2D eigenvalue weighted by Crippen LogP contribution is -2.29. The highest BCUT2D eigenvalue weighted by atomic mass is 16.2. The van der Waals surface area contributed by atoms with Crippen LogP contribution in [-0.2, 0) is 4.79 Å². The lowest BCUT2D eigenvalue weighted by molar-refractivity contribution is -0.118. The van der Waals surface area contributed by atoms with Crippen molar-refractivity contribution < 1.29 is 4.79 Å². The molecule has 1 amide bonds. The number of benzene rings is 2. The smallest absolute Gasteiger partial charge is 0.269 e. The topological polar surface area (TPSA) is 57.4 Å². The van der Waals surface area contributed by atoms with Gasteiger partial charge in [0.25, 0.3) is 5.91 Å². The van der Waals surface area contributed by atoms with Crippen LogP contribution in [0.5, 0.6) is 0 Å². The number of carbonyl (C=O) groups excluding carboxylic acids is 1. The van der Waals surface area contributed by atoms with Crippen LogP contribution in [0.1, 0.15) is 0 Å². The molecule has 1 aliphatic heterocycles. The lowest BCUT2D eigenvalue weighted by atomic mass is 10.3. The summed E-state index contributed by atoms with van der Waals surface area (Å²) >= 11 is 0. The van der Waals surface area contributed by atoms with Gasteiger partial charge in [-0.2, -0.15) is 10.2 Å². The maximum atomic E-state index is 12.2. The first kappa shape index (κ1) is 12.2. The van der Waals surface area contributed by atoms with E-state index in [0.717, 1.165) is 5.69 Å². The van der Waals surface area contributed by atoms with E-state index in [1.807, 2.05) is 60.7 Å². The number of para-hydroxylation sites is 1. The van der Waals surface area contributed by atoms with E-state index in [1.54, 1.807) is 0 Å².